The average molecular weight is 223 g/mol. The zero-order valence-electron chi connectivity index (χ0n) is 9.31. The first kappa shape index (κ1) is 12.5. The maximum absolute atomic E-state index is 8.64. The molecule has 0 aromatic heterocycles. The van der Waals surface area contributed by atoms with Gasteiger partial charge in [-0.15, -0.1) is 0 Å². The van der Waals surface area contributed by atoms with Crippen LogP contribution in [0.4, 0.5) is 0 Å². The average Bonchev–Trinajstić information content (AvgIpc) is 2.34. The molecule has 0 aliphatic rings. The van der Waals surface area contributed by atoms with Crippen LogP contribution in [0.5, 0.6) is 0 Å². The number of ether oxygens (including phenoxy) is 1. The number of hydrogen-bond donors (Lipinski definition) is 3. The van der Waals surface area contributed by atoms with Gasteiger partial charge in [-0.3, -0.25) is 0 Å². The fourth-order valence-corrected chi connectivity index (χ4v) is 1.38. The van der Waals surface area contributed by atoms with Gasteiger partial charge in [0.15, 0.2) is 5.84 Å². The van der Waals surface area contributed by atoms with Crippen LogP contribution in [0, 0.1) is 0 Å². The van der Waals surface area contributed by atoms with Crippen LogP contribution in [0.1, 0.15) is 11.1 Å². The van der Waals surface area contributed by atoms with Gasteiger partial charge in [0.1, 0.15) is 0 Å². The summed E-state index contributed by atoms with van der Waals surface area (Å²) in [6.45, 7) is 2.09. The predicted octanol–water partition coefficient (Wildman–Crippen LogP) is 0.517. The Morgan fingerprint density at radius 2 is 2.25 bits per heavy atom. The van der Waals surface area contributed by atoms with Crippen LogP contribution in [0.3, 0.4) is 0 Å². The van der Waals surface area contributed by atoms with E-state index < -0.39 is 0 Å². The molecule has 1 aromatic rings. The highest BCUT2D eigenvalue weighted by molar-refractivity contribution is 5.98. The maximum atomic E-state index is 8.64. The van der Waals surface area contributed by atoms with Gasteiger partial charge in [-0.25, -0.2) is 0 Å². The van der Waals surface area contributed by atoms with E-state index in [9.17, 15) is 0 Å². The van der Waals surface area contributed by atoms with Crippen LogP contribution < -0.4 is 11.1 Å². The van der Waals surface area contributed by atoms with Crippen molar-refractivity contribution in [1.29, 1.82) is 0 Å². The van der Waals surface area contributed by atoms with E-state index >= 15 is 0 Å². The first-order valence-corrected chi connectivity index (χ1v) is 5.05. The Balaban J connectivity index is 2.64. The third-order valence-electron chi connectivity index (χ3n) is 2.20. The van der Waals surface area contributed by atoms with Gasteiger partial charge in [-0.1, -0.05) is 29.4 Å². The van der Waals surface area contributed by atoms with E-state index in [-0.39, 0.29) is 5.84 Å². The minimum absolute atomic E-state index is 0.129. The van der Waals surface area contributed by atoms with Crippen LogP contribution in [0.2, 0.25) is 0 Å². The Morgan fingerprint density at radius 1 is 1.50 bits per heavy atom. The summed E-state index contributed by atoms with van der Waals surface area (Å²) in [5.41, 5.74) is 7.31. The van der Waals surface area contributed by atoms with E-state index in [0.717, 1.165) is 17.7 Å². The van der Waals surface area contributed by atoms with Gasteiger partial charge < -0.3 is 21.0 Å². The number of nitrogens with zero attached hydrogens (tertiary/aromatic N) is 1. The summed E-state index contributed by atoms with van der Waals surface area (Å²) >= 11 is 0. The number of nitrogens with one attached hydrogen (secondary N) is 1. The second-order valence-corrected chi connectivity index (χ2v) is 3.31. The quantitative estimate of drug-likeness (QED) is 0.216. The Morgan fingerprint density at radius 3 is 2.94 bits per heavy atom. The molecule has 0 saturated carbocycles. The summed E-state index contributed by atoms with van der Waals surface area (Å²) in [6.07, 6.45) is 0. The fourth-order valence-electron chi connectivity index (χ4n) is 1.38. The Hall–Kier alpha value is -1.59. The number of oxime groups is 1. The second kappa shape index (κ2) is 6.81. The normalized spacial score (nSPS) is 11.7. The van der Waals surface area contributed by atoms with Crippen LogP contribution in [-0.4, -0.2) is 31.3 Å². The van der Waals surface area contributed by atoms with E-state index in [1.807, 2.05) is 24.3 Å². The van der Waals surface area contributed by atoms with Crippen molar-refractivity contribution in [2.24, 2.45) is 10.9 Å². The molecule has 0 radical (unpaired) electrons. The van der Waals surface area contributed by atoms with Crippen molar-refractivity contribution in [3.8, 4) is 0 Å². The van der Waals surface area contributed by atoms with Gasteiger partial charge in [-0.2, -0.15) is 0 Å². The van der Waals surface area contributed by atoms with Crippen molar-refractivity contribution in [2.45, 2.75) is 6.54 Å². The highest BCUT2D eigenvalue weighted by atomic mass is 16.5. The van der Waals surface area contributed by atoms with Gasteiger partial charge in [0.2, 0.25) is 0 Å². The Labute approximate surface area is 94.9 Å². The molecule has 0 bridgehead atoms. The molecule has 1 aromatic carbocycles. The number of benzene rings is 1. The standard InChI is InChI=1S/C11H17N3O2/c1-16-7-6-13-8-9-4-2-3-5-10(9)11(12)14-15/h2-5,13,15H,6-8H2,1H3,(H2,12,14). The topological polar surface area (TPSA) is 79.9 Å². The molecule has 0 atom stereocenters. The third kappa shape index (κ3) is 3.52. The molecule has 5 nitrogen and oxygen atoms in total. The lowest BCUT2D eigenvalue weighted by Gasteiger charge is -2.09. The molecular formula is C11H17N3O2. The zero-order chi connectivity index (χ0) is 11.8. The number of rotatable bonds is 6. The van der Waals surface area contributed by atoms with Crippen molar-refractivity contribution in [1.82, 2.24) is 5.32 Å². The first-order valence-electron chi connectivity index (χ1n) is 5.05. The molecule has 16 heavy (non-hydrogen) atoms. The minimum atomic E-state index is 0.129. The monoisotopic (exact) mass is 223 g/mol. The van der Waals surface area contributed by atoms with Crippen LogP contribution in [0.25, 0.3) is 0 Å². The molecule has 5 heteroatoms. The van der Waals surface area contributed by atoms with Crippen LogP contribution in [-0.2, 0) is 11.3 Å². The van der Waals surface area contributed by atoms with E-state index in [1.165, 1.54) is 0 Å². The molecule has 0 heterocycles. The summed E-state index contributed by atoms with van der Waals surface area (Å²) in [5.74, 6) is 0.129. The van der Waals surface area contributed by atoms with E-state index in [4.69, 9.17) is 15.7 Å². The summed E-state index contributed by atoms with van der Waals surface area (Å²) in [6, 6.07) is 7.53. The van der Waals surface area contributed by atoms with E-state index in [2.05, 4.69) is 10.5 Å². The summed E-state index contributed by atoms with van der Waals surface area (Å²) in [4.78, 5) is 0. The molecule has 0 amide bonds. The maximum Gasteiger partial charge on any atom is 0.170 e. The predicted molar refractivity (Wildman–Crippen MR) is 62.5 cm³/mol. The molecule has 1 rings (SSSR count). The molecule has 0 spiro atoms. The second-order valence-electron chi connectivity index (χ2n) is 3.31. The number of methoxy groups -OCH3 is 1. The highest BCUT2D eigenvalue weighted by Crippen LogP contribution is 2.07. The van der Waals surface area contributed by atoms with Gasteiger partial charge in [0, 0.05) is 25.8 Å². The van der Waals surface area contributed by atoms with Crippen molar-refractivity contribution in [2.75, 3.05) is 20.3 Å². The van der Waals surface area contributed by atoms with Crippen molar-refractivity contribution < 1.29 is 9.94 Å². The number of amidine groups is 1. The molecule has 4 N–H and O–H groups in total. The van der Waals surface area contributed by atoms with Gasteiger partial charge >= 0.3 is 0 Å². The van der Waals surface area contributed by atoms with Crippen molar-refractivity contribution in [3.63, 3.8) is 0 Å². The smallest absolute Gasteiger partial charge is 0.170 e. The largest absolute Gasteiger partial charge is 0.409 e. The van der Waals surface area contributed by atoms with Crippen LogP contribution in [0.15, 0.2) is 29.4 Å². The minimum Gasteiger partial charge on any atom is -0.409 e. The Bertz CT molecular complexity index is 353. The molecule has 0 fully saturated rings. The molecule has 0 aliphatic heterocycles. The molecule has 0 aliphatic carbocycles. The summed E-state index contributed by atoms with van der Waals surface area (Å²) in [5, 5.41) is 14.9. The zero-order valence-corrected chi connectivity index (χ0v) is 9.31. The van der Waals surface area contributed by atoms with Crippen molar-refractivity contribution >= 4 is 5.84 Å². The summed E-state index contributed by atoms with van der Waals surface area (Å²) < 4.78 is 4.93. The molecule has 88 valence electrons. The fraction of sp³-hybridized carbons (Fsp3) is 0.364. The summed E-state index contributed by atoms with van der Waals surface area (Å²) in [7, 11) is 1.66. The lowest BCUT2D eigenvalue weighted by atomic mass is 10.1. The lowest BCUT2D eigenvalue weighted by Crippen LogP contribution is -2.22. The van der Waals surface area contributed by atoms with E-state index in [0.29, 0.717) is 13.2 Å². The van der Waals surface area contributed by atoms with E-state index in [1.54, 1.807) is 7.11 Å². The number of nitrogens with two attached hydrogens (primary N) is 1. The number of hydrogen-bond acceptors (Lipinski definition) is 4. The lowest BCUT2D eigenvalue weighted by molar-refractivity contribution is 0.199. The SMILES string of the molecule is COCCNCc1ccccc1C(N)=NO. The van der Waals surface area contributed by atoms with Gasteiger partial charge in [-0.05, 0) is 5.56 Å². The van der Waals surface area contributed by atoms with Crippen LogP contribution >= 0.6 is 0 Å². The molecular weight excluding hydrogens is 206 g/mol. The Kier molecular flexibility index (Phi) is 5.31. The van der Waals surface area contributed by atoms with Gasteiger partial charge in [0.25, 0.3) is 0 Å². The van der Waals surface area contributed by atoms with Gasteiger partial charge in [0.05, 0.1) is 6.61 Å². The first-order chi connectivity index (χ1) is 7.79. The third-order valence-corrected chi connectivity index (χ3v) is 2.20. The van der Waals surface area contributed by atoms with Crippen molar-refractivity contribution in [3.05, 3.63) is 35.4 Å². The molecule has 0 unspecified atom stereocenters. The molecule has 0 saturated heterocycles. The highest BCUT2D eigenvalue weighted by Gasteiger charge is 2.05.